The van der Waals surface area contributed by atoms with Crippen LogP contribution in [-0.2, 0) is 11.3 Å². The Morgan fingerprint density at radius 2 is 2.00 bits per heavy atom. The van der Waals surface area contributed by atoms with Crippen LogP contribution >= 0.6 is 0 Å². The lowest BCUT2D eigenvalue weighted by Gasteiger charge is -2.16. The summed E-state index contributed by atoms with van der Waals surface area (Å²) >= 11 is 0. The molecule has 0 fully saturated rings. The van der Waals surface area contributed by atoms with Gasteiger partial charge in [-0.05, 0) is 12.0 Å². The number of aliphatic hydroxyl groups is 1. The Kier molecular flexibility index (Phi) is 5.32. The molecule has 3 N–H and O–H groups in total. The lowest BCUT2D eigenvalue weighted by Crippen LogP contribution is -2.37. The standard InChI is InChI=1S/C12H19NO2/c1-2-11(13)12(14)9-15-8-10-6-4-3-5-7-10/h3-7,11-12,14H,2,8-9,13H2,1H3/t11-,12+/m1/s1. The van der Waals surface area contributed by atoms with E-state index in [1.165, 1.54) is 0 Å². The van der Waals surface area contributed by atoms with Crippen molar-refractivity contribution < 1.29 is 9.84 Å². The van der Waals surface area contributed by atoms with Gasteiger partial charge in [-0.3, -0.25) is 0 Å². The maximum atomic E-state index is 9.55. The Morgan fingerprint density at radius 3 is 2.60 bits per heavy atom. The molecular weight excluding hydrogens is 190 g/mol. The molecule has 0 aliphatic carbocycles. The van der Waals surface area contributed by atoms with Crippen LogP contribution in [0.25, 0.3) is 0 Å². The molecule has 15 heavy (non-hydrogen) atoms. The maximum absolute atomic E-state index is 9.55. The zero-order valence-corrected chi connectivity index (χ0v) is 9.10. The highest BCUT2D eigenvalue weighted by molar-refractivity contribution is 5.13. The van der Waals surface area contributed by atoms with Crippen LogP contribution < -0.4 is 5.73 Å². The molecule has 0 aliphatic rings. The van der Waals surface area contributed by atoms with Gasteiger partial charge in [0, 0.05) is 6.04 Å². The predicted octanol–water partition coefficient (Wildman–Crippen LogP) is 1.30. The summed E-state index contributed by atoms with van der Waals surface area (Å²) in [7, 11) is 0. The minimum atomic E-state index is -0.571. The van der Waals surface area contributed by atoms with E-state index in [9.17, 15) is 5.11 Å². The van der Waals surface area contributed by atoms with E-state index in [0.29, 0.717) is 13.2 Å². The molecule has 0 heterocycles. The van der Waals surface area contributed by atoms with Gasteiger partial charge in [0.15, 0.2) is 0 Å². The third kappa shape index (κ3) is 4.42. The summed E-state index contributed by atoms with van der Waals surface area (Å²) in [6.45, 7) is 2.77. The zero-order chi connectivity index (χ0) is 11.1. The fraction of sp³-hybridized carbons (Fsp3) is 0.500. The van der Waals surface area contributed by atoms with Gasteiger partial charge in [-0.2, -0.15) is 0 Å². The molecule has 0 radical (unpaired) electrons. The Balaban J connectivity index is 2.22. The maximum Gasteiger partial charge on any atom is 0.0924 e. The Morgan fingerprint density at radius 1 is 1.33 bits per heavy atom. The summed E-state index contributed by atoms with van der Waals surface area (Å²) in [5.41, 5.74) is 6.77. The van der Waals surface area contributed by atoms with E-state index in [0.717, 1.165) is 12.0 Å². The molecule has 84 valence electrons. The first-order chi connectivity index (χ1) is 7.24. The number of aliphatic hydroxyl groups excluding tert-OH is 1. The van der Waals surface area contributed by atoms with Gasteiger partial charge in [-0.15, -0.1) is 0 Å². The third-order valence-corrected chi connectivity index (χ3v) is 2.37. The number of hydrogen-bond acceptors (Lipinski definition) is 3. The normalized spacial score (nSPS) is 14.9. The highest BCUT2D eigenvalue weighted by Gasteiger charge is 2.12. The average molecular weight is 209 g/mol. The van der Waals surface area contributed by atoms with E-state index in [2.05, 4.69) is 0 Å². The van der Waals surface area contributed by atoms with Gasteiger partial charge < -0.3 is 15.6 Å². The fourth-order valence-electron chi connectivity index (χ4n) is 1.27. The predicted molar refractivity (Wildman–Crippen MR) is 60.4 cm³/mol. The number of nitrogens with two attached hydrogens (primary N) is 1. The molecule has 0 spiro atoms. The molecule has 3 heteroatoms. The van der Waals surface area contributed by atoms with Crippen molar-refractivity contribution in [1.82, 2.24) is 0 Å². The quantitative estimate of drug-likeness (QED) is 0.742. The topological polar surface area (TPSA) is 55.5 Å². The van der Waals surface area contributed by atoms with E-state index in [1.807, 2.05) is 37.3 Å². The van der Waals surface area contributed by atoms with Gasteiger partial charge in [0.1, 0.15) is 0 Å². The molecule has 0 saturated heterocycles. The molecule has 0 aliphatic heterocycles. The summed E-state index contributed by atoms with van der Waals surface area (Å²) in [5, 5.41) is 9.55. The van der Waals surface area contributed by atoms with Crippen molar-refractivity contribution >= 4 is 0 Å². The molecule has 0 saturated carbocycles. The van der Waals surface area contributed by atoms with Crippen molar-refractivity contribution in [3.05, 3.63) is 35.9 Å². The van der Waals surface area contributed by atoms with Crippen LogP contribution in [0.2, 0.25) is 0 Å². The Labute approximate surface area is 90.9 Å². The summed E-state index contributed by atoms with van der Waals surface area (Å²) in [6.07, 6.45) is 0.189. The van der Waals surface area contributed by atoms with Crippen LogP contribution in [0.4, 0.5) is 0 Å². The second-order valence-electron chi connectivity index (χ2n) is 3.64. The van der Waals surface area contributed by atoms with Crippen LogP contribution in [0.3, 0.4) is 0 Å². The molecule has 3 nitrogen and oxygen atoms in total. The number of benzene rings is 1. The molecule has 0 amide bonds. The highest BCUT2D eigenvalue weighted by atomic mass is 16.5. The number of rotatable bonds is 6. The van der Waals surface area contributed by atoms with Crippen LogP contribution in [0, 0.1) is 0 Å². The highest BCUT2D eigenvalue weighted by Crippen LogP contribution is 2.02. The van der Waals surface area contributed by atoms with Crippen molar-refractivity contribution in [1.29, 1.82) is 0 Å². The summed E-state index contributed by atoms with van der Waals surface area (Å²) in [4.78, 5) is 0. The van der Waals surface area contributed by atoms with Gasteiger partial charge >= 0.3 is 0 Å². The fourth-order valence-corrected chi connectivity index (χ4v) is 1.27. The number of hydrogen-bond donors (Lipinski definition) is 2. The van der Waals surface area contributed by atoms with Crippen molar-refractivity contribution in [3.63, 3.8) is 0 Å². The summed E-state index contributed by atoms with van der Waals surface area (Å²) in [6, 6.07) is 9.68. The van der Waals surface area contributed by atoms with Crippen LogP contribution in [0.15, 0.2) is 30.3 Å². The molecule has 2 atom stereocenters. The molecular formula is C12H19NO2. The van der Waals surface area contributed by atoms with Crippen molar-refractivity contribution in [2.24, 2.45) is 5.73 Å². The van der Waals surface area contributed by atoms with Crippen molar-refractivity contribution in [2.75, 3.05) is 6.61 Å². The van der Waals surface area contributed by atoms with Gasteiger partial charge in [0.05, 0.1) is 19.3 Å². The summed E-state index contributed by atoms with van der Waals surface area (Å²) < 4.78 is 5.37. The largest absolute Gasteiger partial charge is 0.389 e. The van der Waals surface area contributed by atoms with Gasteiger partial charge in [-0.25, -0.2) is 0 Å². The van der Waals surface area contributed by atoms with E-state index >= 15 is 0 Å². The van der Waals surface area contributed by atoms with Gasteiger partial charge in [-0.1, -0.05) is 37.3 Å². The van der Waals surface area contributed by atoms with Crippen LogP contribution in [0.1, 0.15) is 18.9 Å². The minimum Gasteiger partial charge on any atom is -0.389 e. The van der Waals surface area contributed by atoms with Crippen LogP contribution in [-0.4, -0.2) is 23.9 Å². The zero-order valence-electron chi connectivity index (χ0n) is 9.10. The molecule has 0 bridgehead atoms. The second-order valence-corrected chi connectivity index (χ2v) is 3.64. The Bertz CT molecular complexity index is 264. The van der Waals surface area contributed by atoms with Gasteiger partial charge in [0.2, 0.25) is 0 Å². The van der Waals surface area contributed by atoms with Crippen molar-refractivity contribution in [2.45, 2.75) is 32.1 Å². The van der Waals surface area contributed by atoms with Crippen molar-refractivity contribution in [3.8, 4) is 0 Å². The first-order valence-corrected chi connectivity index (χ1v) is 5.29. The van der Waals surface area contributed by atoms with E-state index in [1.54, 1.807) is 0 Å². The lowest BCUT2D eigenvalue weighted by molar-refractivity contribution is 0.0154. The first-order valence-electron chi connectivity index (χ1n) is 5.29. The van der Waals surface area contributed by atoms with E-state index in [-0.39, 0.29) is 6.04 Å². The molecule has 1 rings (SSSR count). The Hall–Kier alpha value is -0.900. The molecule has 1 aromatic rings. The van der Waals surface area contributed by atoms with E-state index < -0.39 is 6.10 Å². The van der Waals surface area contributed by atoms with Gasteiger partial charge in [0.25, 0.3) is 0 Å². The number of ether oxygens (including phenoxy) is 1. The van der Waals surface area contributed by atoms with Crippen LogP contribution in [0.5, 0.6) is 0 Å². The smallest absolute Gasteiger partial charge is 0.0924 e. The minimum absolute atomic E-state index is 0.194. The second kappa shape index (κ2) is 6.56. The first kappa shape index (κ1) is 12.2. The summed E-state index contributed by atoms with van der Waals surface area (Å²) in [5.74, 6) is 0. The molecule has 0 unspecified atom stereocenters. The monoisotopic (exact) mass is 209 g/mol. The lowest BCUT2D eigenvalue weighted by atomic mass is 10.1. The third-order valence-electron chi connectivity index (χ3n) is 2.37. The molecule has 0 aromatic heterocycles. The molecule has 1 aromatic carbocycles. The van der Waals surface area contributed by atoms with E-state index in [4.69, 9.17) is 10.5 Å². The average Bonchev–Trinajstić information content (AvgIpc) is 2.29. The SMILES string of the molecule is CC[C@@H](N)[C@@H](O)COCc1ccccc1.